The highest BCUT2D eigenvalue weighted by Crippen LogP contribution is 2.32. The van der Waals surface area contributed by atoms with Gasteiger partial charge in [0.15, 0.2) is 11.6 Å². The van der Waals surface area contributed by atoms with Crippen LogP contribution in [0, 0.1) is 22.9 Å². The van der Waals surface area contributed by atoms with Gasteiger partial charge in [-0.15, -0.1) is 4.37 Å². The van der Waals surface area contributed by atoms with Crippen molar-refractivity contribution in [3.63, 3.8) is 0 Å². The first-order valence-electron chi connectivity index (χ1n) is 4.59. The Balaban J connectivity index is 2.38. The molecule has 0 N–H and O–H groups in total. The Labute approximate surface area is 109 Å². The summed E-state index contributed by atoms with van der Waals surface area (Å²) in [5, 5.41) is 10.6. The first-order valence-corrected chi connectivity index (χ1v) is 5.70. The van der Waals surface area contributed by atoms with E-state index in [1.807, 2.05) is 0 Å². The summed E-state index contributed by atoms with van der Waals surface area (Å²) >= 11 is 6.46. The van der Waals surface area contributed by atoms with Crippen LogP contribution in [0.1, 0.15) is 5.56 Å². The molecule has 1 heterocycles. The quantitative estimate of drug-likeness (QED) is 0.639. The maximum atomic E-state index is 13.6. The lowest BCUT2D eigenvalue weighted by Gasteiger charge is -2.05. The summed E-state index contributed by atoms with van der Waals surface area (Å²) in [6.07, 6.45) is 0. The summed E-state index contributed by atoms with van der Waals surface area (Å²) in [5.41, 5.74) is -0.0435. The van der Waals surface area contributed by atoms with Gasteiger partial charge in [0.25, 0.3) is 11.6 Å². The Kier molecular flexibility index (Phi) is 3.39. The lowest BCUT2D eigenvalue weighted by atomic mass is 10.2. The molecule has 0 bridgehead atoms. The standard InChI is InChI=1S/C9H5ClFN3O3S/c1-4-2-7(5(11)3-6(4)14(15)16)17-9-8(10)12-18-13-9/h2-3H,1H3. The minimum absolute atomic E-state index is 0.00964. The number of rotatable bonds is 3. The van der Waals surface area contributed by atoms with Gasteiger partial charge in [-0.25, -0.2) is 4.39 Å². The third-order valence-corrected chi connectivity index (χ3v) is 2.93. The van der Waals surface area contributed by atoms with Gasteiger partial charge in [0, 0.05) is 5.56 Å². The zero-order valence-corrected chi connectivity index (χ0v) is 10.5. The van der Waals surface area contributed by atoms with Crippen LogP contribution in [0.5, 0.6) is 11.6 Å². The van der Waals surface area contributed by atoms with Crippen LogP contribution in [-0.2, 0) is 0 Å². The number of nitro groups is 1. The molecule has 0 unspecified atom stereocenters. The average Bonchev–Trinajstić information content (AvgIpc) is 2.69. The second kappa shape index (κ2) is 4.83. The number of nitro benzene ring substituents is 1. The van der Waals surface area contributed by atoms with E-state index in [0.717, 1.165) is 17.8 Å². The molecule has 18 heavy (non-hydrogen) atoms. The number of aromatic nitrogens is 2. The van der Waals surface area contributed by atoms with Crippen molar-refractivity contribution < 1.29 is 14.1 Å². The third kappa shape index (κ3) is 2.39. The fourth-order valence-electron chi connectivity index (χ4n) is 1.25. The van der Waals surface area contributed by atoms with E-state index < -0.39 is 10.7 Å². The van der Waals surface area contributed by atoms with Crippen LogP contribution in [0.2, 0.25) is 5.15 Å². The molecule has 6 nitrogen and oxygen atoms in total. The molecule has 0 aliphatic rings. The fraction of sp³-hybridized carbons (Fsp3) is 0.111. The lowest BCUT2D eigenvalue weighted by Crippen LogP contribution is -1.96. The van der Waals surface area contributed by atoms with Crippen LogP contribution >= 0.6 is 23.3 Å². The van der Waals surface area contributed by atoms with Crippen molar-refractivity contribution in [2.24, 2.45) is 0 Å². The first-order chi connectivity index (χ1) is 8.49. The fourth-order valence-corrected chi connectivity index (χ4v) is 1.87. The lowest BCUT2D eigenvalue weighted by molar-refractivity contribution is -0.385. The Hall–Kier alpha value is -1.80. The summed E-state index contributed by atoms with van der Waals surface area (Å²) in [7, 11) is 0. The summed E-state index contributed by atoms with van der Waals surface area (Å²) in [5.74, 6) is -1.09. The van der Waals surface area contributed by atoms with Crippen molar-refractivity contribution in [2.45, 2.75) is 6.92 Å². The Morgan fingerprint density at radius 3 is 2.78 bits per heavy atom. The van der Waals surface area contributed by atoms with E-state index in [1.54, 1.807) is 0 Å². The van der Waals surface area contributed by atoms with Crippen molar-refractivity contribution in [3.05, 3.63) is 38.8 Å². The number of aryl methyl sites for hydroxylation is 1. The summed E-state index contributed by atoms with van der Waals surface area (Å²) in [6, 6.07) is 2.00. The van der Waals surface area contributed by atoms with Crippen LogP contribution in [0.25, 0.3) is 0 Å². The van der Waals surface area contributed by atoms with Gasteiger partial charge in [-0.3, -0.25) is 10.1 Å². The molecule has 9 heteroatoms. The molecule has 0 aliphatic carbocycles. The number of hydrogen-bond acceptors (Lipinski definition) is 6. The molecular formula is C9H5ClFN3O3S. The van der Waals surface area contributed by atoms with E-state index >= 15 is 0 Å². The molecule has 0 atom stereocenters. The molecule has 0 spiro atoms. The predicted molar refractivity (Wildman–Crippen MR) is 62.8 cm³/mol. The predicted octanol–water partition coefficient (Wildman–Crippen LogP) is 3.34. The van der Waals surface area contributed by atoms with Gasteiger partial charge < -0.3 is 4.74 Å². The SMILES string of the molecule is Cc1cc(Oc2nsnc2Cl)c(F)cc1[N+](=O)[O-]. The summed E-state index contributed by atoms with van der Waals surface area (Å²) < 4.78 is 26.1. The Morgan fingerprint density at radius 2 is 2.22 bits per heavy atom. The van der Waals surface area contributed by atoms with Crippen LogP contribution in [0.4, 0.5) is 10.1 Å². The van der Waals surface area contributed by atoms with Crippen molar-refractivity contribution >= 4 is 29.0 Å². The maximum Gasteiger partial charge on any atom is 0.275 e. The molecule has 0 saturated heterocycles. The molecule has 0 fully saturated rings. The highest BCUT2D eigenvalue weighted by atomic mass is 35.5. The number of hydrogen-bond donors (Lipinski definition) is 0. The van der Waals surface area contributed by atoms with E-state index in [-0.39, 0.29) is 28.0 Å². The van der Waals surface area contributed by atoms with Gasteiger partial charge in [-0.05, 0) is 13.0 Å². The van der Waals surface area contributed by atoms with Gasteiger partial charge in [0.1, 0.15) is 0 Å². The Bertz CT molecular complexity index is 619. The van der Waals surface area contributed by atoms with Gasteiger partial charge in [0.05, 0.1) is 22.7 Å². The zero-order valence-electron chi connectivity index (χ0n) is 8.89. The second-order valence-electron chi connectivity index (χ2n) is 3.29. The van der Waals surface area contributed by atoms with Gasteiger partial charge in [-0.2, -0.15) is 4.37 Å². The minimum atomic E-state index is -0.864. The smallest absolute Gasteiger partial charge is 0.275 e. The van der Waals surface area contributed by atoms with Crippen molar-refractivity contribution in [1.29, 1.82) is 0 Å². The highest BCUT2D eigenvalue weighted by Gasteiger charge is 2.18. The van der Waals surface area contributed by atoms with E-state index in [4.69, 9.17) is 16.3 Å². The largest absolute Gasteiger partial charge is 0.433 e. The molecule has 0 radical (unpaired) electrons. The van der Waals surface area contributed by atoms with E-state index in [9.17, 15) is 14.5 Å². The van der Waals surface area contributed by atoms with Crippen molar-refractivity contribution in [3.8, 4) is 11.6 Å². The minimum Gasteiger partial charge on any atom is -0.433 e. The van der Waals surface area contributed by atoms with Gasteiger partial charge in [-0.1, -0.05) is 11.6 Å². The molecule has 1 aromatic carbocycles. The van der Waals surface area contributed by atoms with Crippen LogP contribution in [0.3, 0.4) is 0 Å². The maximum absolute atomic E-state index is 13.6. The van der Waals surface area contributed by atoms with Crippen LogP contribution in [0.15, 0.2) is 12.1 Å². The molecule has 0 saturated carbocycles. The summed E-state index contributed by atoms with van der Waals surface area (Å²) in [6.45, 7) is 1.48. The molecule has 2 aromatic rings. The van der Waals surface area contributed by atoms with Gasteiger partial charge in [0.2, 0.25) is 5.15 Å². The normalized spacial score (nSPS) is 10.4. The third-order valence-electron chi connectivity index (χ3n) is 2.07. The van der Waals surface area contributed by atoms with E-state index in [2.05, 4.69) is 8.75 Å². The number of nitrogens with zero attached hydrogens (tertiary/aromatic N) is 3. The van der Waals surface area contributed by atoms with Crippen LogP contribution < -0.4 is 4.74 Å². The number of halogens is 2. The molecule has 0 amide bonds. The monoisotopic (exact) mass is 289 g/mol. The topological polar surface area (TPSA) is 78.2 Å². The molecular weight excluding hydrogens is 285 g/mol. The van der Waals surface area contributed by atoms with Crippen molar-refractivity contribution in [2.75, 3.05) is 0 Å². The second-order valence-corrected chi connectivity index (χ2v) is 4.17. The average molecular weight is 290 g/mol. The molecule has 0 aliphatic heterocycles. The number of benzene rings is 1. The Morgan fingerprint density at radius 1 is 1.50 bits per heavy atom. The molecule has 94 valence electrons. The van der Waals surface area contributed by atoms with E-state index in [0.29, 0.717) is 0 Å². The zero-order chi connectivity index (χ0) is 13.3. The van der Waals surface area contributed by atoms with Gasteiger partial charge >= 0.3 is 0 Å². The highest BCUT2D eigenvalue weighted by molar-refractivity contribution is 6.99. The van der Waals surface area contributed by atoms with Crippen molar-refractivity contribution in [1.82, 2.24) is 8.75 Å². The number of ether oxygens (including phenoxy) is 1. The van der Waals surface area contributed by atoms with E-state index in [1.165, 1.54) is 13.0 Å². The molecule has 2 rings (SSSR count). The first kappa shape index (κ1) is 12.7. The molecule has 1 aromatic heterocycles. The summed E-state index contributed by atoms with van der Waals surface area (Å²) in [4.78, 5) is 9.95. The van der Waals surface area contributed by atoms with Crippen LogP contribution in [-0.4, -0.2) is 13.7 Å².